The van der Waals surface area contributed by atoms with Crippen molar-refractivity contribution in [1.29, 1.82) is 0 Å². The number of hydrogen-bond acceptors (Lipinski definition) is 6. The quantitative estimate of drug-likeness (QED) is 0.688. The average molecular weight is 367 g/mol. The van der Waals surface area contributed by atoms with E-state index in [0.29, 0.717) is 16.9 Å². The first-order valence-corrected chi connectivity index (χ1v) is 8.09. The van der Waals surface area contributed by atoms with E-state index in [-0.39, 0.29) is 22.9 Å². The van der Waals surface area contributed by atoms with Gasteiger partial charge < -0.3 is 19.7 Å². The number of methoxy groups -OCH3 is 1. The second-order valence-corrected chi connectivity index (χ2v) is 5.74. The van der Waals surface area contributed by atoms with Crippen molar-refractivity contribution >= 4 is 11.9 Å². The number of carbonyl (C=O) groups is 2. The van der Waals surface area contributed by atoms with Crippen LogP contribution in [0.3, 0.4) is 0 Å². The summed E-state index contributed by atoms with van der Waals surface area (Å²) in [5.74, 6) is -0.885. The van der Waals surface area contributed by atoms with Gasteiger partial charge in [-0.15, -0.1) is 0 Å². The second-order valence-electron chi connectivity index (χ2n) is 5.74. The number of aromatic carboxylic acids is 1. The molecule has 0 radical (unpaired) electrons. The SMILES string of the molecule is COc1ccc(C(=O)N[C@H](C)c2onc(-c3cccnc3)c2C(=O)O)cc1. The van der Waals surface area contributed by atoms with Crippen LogP contribution in [0.5, 0.6) is 5.75 Å². The molecular weight excluding hydrogens is 350 g/mol. The number of rotatable bonds is 6. The molecule has 2 heterocycles. The molecule has 0 saturated heterocycles. The molecule has 2 aromatic heterocycles. The molecule has 2 N–H and O–H groups in total. The molecule has 0 saturated carbocycles. The van der Waals surface area contributed by atoms with Crippen LogP contribution < -0.4 is 10.1 Å². The molecule has 27 heavy (non-hydrogen) atoms. The molecule has 3 rings (SSSR count). The number of ether oxygens (including phenoxy) is 1. The molecule has 8 heteroatoms. The maximum absolute atomic E-state index is 12.4. The minimum atomic E-state index is -1.20. The molecule has 1 aromatic carbocycles. The fraction of sp³-hybridized carbons (Fsp3) is 0.158. The van der Waals surface area contributed by atoms with Crippen molar-refractivity contribution in [3.8, 4) is 17.0 Å². The zero-order valence-electron chi connectivity index (χ0n) is 14.7. The molecule has 0 spiro atoms. The van der Waals surface area contributed by atoms with Crippen molar-refractivity contribution < 1.29 is 24.0 Å². The first-order valence-electron chi connectivity index (χ1n) is 8.09. The van der Waals surface area contributed by atoms with Gasteiger partial charge in [0, 0.05) is 23.5 Å². The maximum Gasteiger partial charge on any atom is 0.341 e. The molecule has 0 unspecified atom stereocenters. The molecule has 8 nitrogen and oxygen atoms in total. The summed E-state index contributed by atoms with van der Waals surface area (Å²) in [6, 6.07) is 9.20. The number of carbonyl (C=O) groups excluding carboxylic acids is 1. The summed E-state index contributed by atoms with van der Waals surface area (Å²) in [7, 11) is 1.54. The van der Waals surface area contributed by atoms with Gasteiger partial charge in [0.1, 0.15) is 17.0 Å². The number of aromatic nitrogens is 2. The van der Waals surface area contributed by atoms with Crippen LogP contribution in [-0.2, 0) is 0 Å². The molecule has 0 fully saturated rings. The Bertz CT molecular complexity index is 951. The Labute approximate surface area is 154 Å². The third-order valence-corrected chi connectivity index (χ3v) is 3.96. The van der Waals surface area contributed by atoms with Gasteiger partial charge in [0.05, 0.1) is 13.2 Å². The Morgan fingerprint density at radius 1 is 1.22 bits per heavy atom. The fourth-order valence-corrected chi connectivity index (χ4v) is 2.59. The highest BCUT2D eigenvalue weighted by Crippen LogP contribution is 2.29. The topological polar surface area (TPSA) is 115 Å². The number of amides is 1. The van der Waals surface area contributed by atoms with Crippen molar-refractivity contribution in [1.82, 2.24) is 15.5 Å². The van der Waals surface area contributed by atoms with Gasteiger partial charge in [0.15, 0.2) is 5.76 Å². The van der Waals surface area contributed by atoms with E-state index in [1.165, 1.54) is 13.3 Å². The molecule has 0 aliphatic carbocycles. The lowest BCUT2D eigenvalue weighted by molar-refractivity contribution is 0.0692. The van der Waals surface area contributed by atoms with Gasteiger partial charge in [-0.2, -0.15) is 0 Å². The summed E-state index contributed by atoms with van der Waals surface area (Å²) in [4.78, 5) is 28.1. The highest BCUT2D eigenvalue weighted by Gasteiger charge is 2.28. The fourth-order valence-electron chi connectivity index (χ4n) is 2.59. The number of hydrogen-bond donors (Lipinski definition) is 2. The molecule has 1 atom stereocenters. The van der Waals surface area contributed by atoms with Gasteiger partial charge in [0.25, 0.3) is 5.91 Å². The second kappa shape index (κ2) is 7.69. The van der Waals surface area contributed by atoms with E-state index >= 15 is 0 Å². The lowest BCUT2D eigenvalue weighted by Crippen LogP contribution is -2.27. The van der Waals surface area contributed by atoms with Crippen LogP contribution in [0.15, 0.2) is 53.3 Å². The van der Waals surface area contributed by atoms with Crippen LogP contribution in [-0.4, -0.2) is 34.2 Å². The number of nitrogens with one attached hydrogen (secondary N) is 1. The predicted octanol–water partition coefficient (Wildman–Crippen LogP) is 2.93. The van der Waals surface area contributed by atoms with Gasteiger partial charge in [-0.1, -0.05) is 5.16 Å². The van der Waals surface area contributed by atoms with Crippen LogP contribution in [0.4, 0.5) is 0 Å². The number of benzene rings is 1. The Morgan fingerprint density at radius 2 is 1.96 bits per heavy atom. The zero-order chi connectivity index (χ0) is 19.4. The Morgan fingerprint density at radius 3 is 2.56 bits per heavy atom. The van der Waals surface area contributed by atoms with E-state index in [1.807, 2.05) is 0 Å². The van der Waals surface area contributed by atoms with E-state index in [9.17, 15) is 14.7 Å². The Kier molecular flexibility index (Phi) is 5.16. The summed E-state index contributed by atoms with van der Waals surface area (Å²) >= 11 is 0. The van der Waals surface area contributed by atoms with E-state index < -0.39 is 12.0 Å². The summed E-state index contributed by atoms with van der Waals surface area (Å²) in [5.41, 5.74) is 0.979. The van der Waals surface area contributed by atoms with Crippen LogP contribution >= 0.6 is 0 Å². The lowest BCUT2D eigenvalue weighted by Gasteiger charge is -2.12. The van der Waals surface area contributed by atoms with Crippen molar-refractivity contribution in [2.45, 2.75) is 13.0 Å². The number of carboxylic acid groups (broad SMARTS) is 1. The minimum Gasteiger partial charge on any atom is -0.497 e. The predicted molar refractivity (Wildman–Crippen MR) is 95.6 cm³/mol. The van der Waals surface area contributed by atoms with Crippen LogP contribution in [0.25, 0.3) is 11.3 Å². The van der Waals surface area contributed by atoms with Crippen LogP contribution in [0.2, 0.25) is 0 Å². The maximum atomic E-state index is 12.4. The van der Waals surface area contributed by atoms with E-state index in [2.05, 4.69) is 15.5 Å². The van der Waals surface area contributed by atoms with E-state index in [1.54, 1.807) is 49.5 Å². The normalized spacial score (nSPS) is 11.6. The first-order chi connectivity index (χ1) is 13.0. The highest BCUT2D eigenvalue weighted by atomic mass is 16.5. The monoisotopic (exact) mass is 367 g/mol. The van der Waals surface area contributed by atoms with Gasteiger partial charge in [-0.05, 0) is 43.3 Å². The number of nitrogens with zero attached hydrogens (tertiary/aromatic N) is 2. The third kappa shape index (κ3) is 3.79. The van der Waals surface area contributed by atoms with Crippen LogP contribution in [0.1, 0.15) is 39.4 Å². The highest BCUT2D eigenvalue weighted by molar-refractivity contribution is 5.97. The molecule has 0 bridgehead atoms. The molecule has 138 valence electrons. The van der Waals surface area contributed by atoms with Gasteiger partial charge in [0.2, 0.25) is 0 Å². The summed E-state index contributed by atoms with van der Waals surface area (Å²) in [6.45, 7) is 1.63. The first kappa shape index (κ1) is 18.1. The summed E-state index contributed by atoms with van der Waals surface area (Å²) in [5, 5.41) is 16.2. The van der Waals surface area contributed by atoms with Gasteiger partial charge >= 0.3 is 5.97 Å². The van der Waals surface area contributed by atoms with Crippen molar-refractivity contribution in [3.63, 3.8) is 0 Å². The lowest BCUT2D eigenvalue weighted by atomic mass is 10.0. The van der Waals surface area contributed by atoms with Gasteiger partial charge in [-0.3, -0.25) is 9.78 Å². The van der Waals surface area contributed by atoms with E-state index in [4.69, 9.17) is 9.26 Å². The van der Waals surface area contributed by atoms with Crippen molar-refractivity contribution in [2.75, 3.05) is 7.11 Å². The standard InChI is InChI=1S/C19H17N3O5/c1-11(21-18(23)12-5-7-14(26-2)8-6-12)17-15(19(24)25)16(22-27-17)13-4-3-9-20-10-13/h3-11H,1-2H3,(H,21,23)(H,24,25)/t11-/m1/s1. The van der Waals surface area contributed by atoms with Crippen molar-refractivity contribution in [2.24, 2.45) is 0 Å². The van der Waals surface area contributed by atoms with Gasteiger partial charge in [-0.25, -0.2) is 4.79 Å². The Hall–Kier alpha value is -3.68. The molecule has 3 aromatic rings. The average Bonchev–Trinajstić information content (AvgIpc) is 3.14. The zero-order valence-corrected chi connectivity index (χ0v) is 14.7. The molecule has 0 aliphatic heterocycles. The molecule has 0 aliphatic rings. The Balaban J connectivity index is 1.86. The largest absolute Gasteiger partial charge is 0.497 e. The summed E-state index contributed by atoms with van der Waals surface area (Å²) in [6.07, 6.45) is 3.07. The van der Waals surface area contributed by atoms with Crippen molar-refractivity contribution in [3.05, 3.63) is 65.7 Å². The minimum absolute atomic E-state index is 0.0585. The number of carboxylic acids is 1. The molecular formula is C19H17N3O5. The molecule has 1 amide bonds. The smallest absolute Gasteiger partial charge is 0.341 e. The van der Waals surface area contributed by atoms with E-state index in [0.717, 1.165) is 0 Å². The van der Waals surface area contributed by atoms with Crippen LogP contribution in [0, 0.1) is 0 Å². The summed E-state index contributed by atoms with van der Waals surface area (Å²) < 4.78 is 10.3. The third-order valence-electron chi connectivity index (χ3n) is 3.96. The number of pyridine rings is 1.